The molecule has 1 N–H and O–H groups in total. The van der Waals surface area contributed by atoms with E-state index in [1.54, 1.807) is 6.20 Å². The highest BCUT2D eigenvalue weighted by Gasteiger charge is 2.33. The van der Waals surface area contributed by atoms with Crippen LogP contribution in [-0.4, -0.2) is 51.9 Å². The molecule has 3 aliphatic rings. The standard InChI is InChI=1S/C21H32N4O2S/c26-19(24-13-7-8-14-24)18-15-22-20(28-18)23-21(27)25(16-9-3-1-4-10-16)17-11-5-2-6-12-17/h15-17H,1-14H2,(H,22,23,27). The molecule has 4 rings (SSSR count). The molecule has 3 amide bonds. The van der Waals surface area contributed by atoms with Crippen LogP contribution >= 0.6 is 11.3 Å². The molecule has 0 unspecified atom stereocenters. The summed E-state index contributed by atoms with van der Waals surface area (Å²) in [6.07, 6.45) is 15.6. The molecule has 0 radical (unpaired) electrons. The number of nitrogens with zero attached hydrogens (tertiary/aromatic N) is 3. The normalized spacial score (nSPS) is 21.6. The molecule has 1 aromatic heterocycles. The van der Waals surface area contributed by atoms with Crippen molar-refractivity contribution in [2.45, 2.75) is 89.1 Å². The van der Waals surface area contributed by atoms with Crippen LogP contribution in [0.15, 0.2) is 6.20 Å². The van der Waals surface area contributed by atoms with Gasteiger partial charge in [0, 0.05) is 25.2 Å². The van der Waals surface area contributed by atoms with Gasteiger partial charge in [0.1, 0.15) is 4.88 Å². The zero-order valence-corrected chi connectivity index (χ0v) is 17.5. The Hall–Kier alpha value is -1.63. The predicted molar refractivity (Wildman–Crippen MR) is 112 cm³/mol. The lowest BCUT2D eigenvalue weighted by atomic mass is 9.89. The average Bonchev–Trinajstić information content (AvgIpc) is 3.42. The van der Waals surface area contributed by atoms with Crippen molar-refractivity contribution in [3.05, 3.63) is 11.1 Å². The number of thiazole rings is 1. The molecule has 154 valence electrons. The van der Waals surface area contributed by atoms with Crippen LogP contribution in [0.5, 0.6) is 0 Å². The Labute approximate surface area is 171 Å². The van der Waals surface area contributed by atoms with Crippen molar-refractivity contribution in [1.82, 2.24) is 14.8 Å². The van der Waals surface area contributed by atoms with E-state index < -0.39 is 0 Å². The molecule has 2 aliphatic carbocycles. The SMILES string of the molecule is O=C(c1cnc(NC(=O)N(C2CCCCC2)C2CCCCC2)s1)N1CCCC1. The number of rotatable bonds is 4. The fourth-order valence-corrected chi connectivity index (χ4v) is 5.78. The number of hydrogen-bond acceptors (Lipinski definition) is 4. The summed E-state index contributed by atoms with van der Waals surface area (Å²) in [5, 5.41) is 3.57. The highest BCUT2D eigenvalue weighted by Crippen LogP contribution is 2.31. The molecule has 1 aliphatic heterocycles. The van der Waals surface area contributed by atoms with E-state index >= 15 is 0 Å². The Morgan fingerprint density at radius 2 is 1.50 bits per heavy atom. The Kier molecular flexibility index (Phi) is 6.50. The molecule has 1 saturated heterocycles. The summed E-state index contributed by atoms with van der Waals surface area (Å²) in [6.45, 7) is 1.66. The number of amides is 3. The zero-order valence-electron chi connectivity index (χ0n) is 16.7. The van der Waals surface area contributed by atoms with Gasteiger partial charge in [-0.05, 0) is 38.5 Å². The first-order chi connectivity index (χ1) is 13.7. The van der Waals surface area contributed by atoms with Crippen LogP contribution in [0.1, 0.15) is 86.7 Å². The van der Waals surface area contributed by atoms with Gasteiger partial charge < -0.3 is 9.80 Å². The van der Waals surface area contributed by atoms with Crippen LogP contribution in [0.4, 0.5) is 9.93 Å². The third-order valence-electron chi connectivity index (χ3n) is 6.49. The summed E-state index contributed by atoms with van der Waals surface area (Å²) in [5.74, 6) is 0.0481. The van der Waals surface area contributed by atoms with Crippen molar-refractivity contribution in [1.29, 1.82) is 0 Å². The molecule has 2 heterocycles. The molecular formula is C21H32N4O2S. The molecule has 6 nitrogen and oxygen atoms in total. The summed E-state index contributed by atoms with van der Waals surface area (Å²) < 4.78 is 0. The van der Waals surface area contributed by atoms with Gasteiger partial charge in [-0.3, -0.25) is 10.1 Å². The van der Waals surface area contributed by atoms with Gasteiger partial charge in [-0.25, -0.2) is 9.78 Å². The Bertz CT molecular complexity index is 656. The van der Waals surface area contributed by atoms with Crippen molar-refractivity contribution in [2.24, 2.45) is 0 Å². The second-order valence-electron chi connectivity index (χ2n) is 8.45. The van der Waals surface area contributed by atoms with Gasteiger partial charge in [0.05, 0.1) is 6.20 Å². The first kappa shape index (κ1) is 19.7. The Balaban J connectivity index is 1.44. The van der Waals surface area contributed by atoms with Crippen molar-refractivity contribution >= 4 is 28.4 Å². The minimum atomic E-state index is -0.0201. The lowest BCUT2D eigenvalue weighted by Crippen LogP contribution is -2.50. The summed E-state index contributed by atoms with van der Waals surface area (Å²) >= 11 is 1.31. The van der Waals surface area contributed by atoms with E-state index in [0.717, 1.165) is 51.6 Å². The van der Waals surface area contributed by atoms with Crippen molar-refractivity contribution in [2.75, 3.05) is 18.4 Å². The minimum absolute atomic E-state index is 0.0201. The molecule has 28 heavy (non-hydrogen) atoms. The number of carbonyl (C=O) groups is 2. The maximum absolute atomic E-state index is 13.2. The summed E-state index contributed by atoms with van der Waals surface area (Å²) in [6, 6.07) is 0.679. The Morgan fingerprint density at radius 3 is 2.07 bits per heavy atom. The number of urea groups is 1. The topological polar surface area (TPSA) is 65.5 Å². The second-order valence-corrected chi connectivity index (χ2v) is 9.48. The smallest absolute Gasteiger partial charge is 0.324 e. The van der Waals surface area contributed by atoms with Crippen LogP contribution in [-0.2, 0) is 0 Å². The van der Waals surface area contributed by atoms with Gasteiger partial charge in [0.25, 0.3) is 5.91 Å². The maximum Gasteiger partial charge on any atom is 0.324 e. The predicted octanol–water partition coefficient (Wildman–Crippen LogP) is 4.88. The van der Waals surface area contributed by atoms with Gasteiger partial charge in [-0.15, -0.1) is 0 Å². The highest BCUT2D eigenvalue weighted by atomic mass is 32.1. The third-order valence-corrected chi connectivity index (χ3v) is 7.40. The van der Waals surface area contributed by atoms with Crippen molar-refractivity contribution < 1.29 is 9.59 Å². The molecule has 3 fully saturated rings. The number of likely N-dealkylation sites (tertiary alicyclic amines) is 1. The molecule has 0 spiro atoms. The van der Waals surface area contributed by atoms with Gasteiger partial charge in [-0.1, -0.05) is 49.9 Å². The van der Waals surface area contributed by atoms with E-state index in [2.05, 4.69) is 15.2 Å². The molecule has 7 heteroatoms. The lowest BCUT2D eigenvalue weighted by molar-refractivity contribution is 0.0797. The van der Waals surface area contributed by atoms with Crippen LogP contribution in [0, 0.1) is 0 Å². The number of nitrogens with one attached hydrogen (secondary N) is 1. The summed E-state index contributed by atoms with van der Waals surface area (Å²) in [4.78, 5) is 34.8. The third kappa shape index (κ3) is 4.50. The number of carbonyl (C=O) groups excluding carboxylic acids is 2. The van der Waals surface area contributed by atoms with Gasteiger partial charge in [0.2, 0.25) is 0 Å². The van der Waals surface area contributed by atoms with Crippen LogP contribution in [0.3, 0.4) is 0 Å². The molecule has 1 aromatic rings. The fraction of sp³-hybridized carbons (Fsp3) is 0.762. The van der Waals surface area contributed by atoms with Crippen LogP contribution < -0.4 is 5.32 Å². The highest BCUT2D eigenvalue weighted by molar-refractivity contribution is 7.17. The quantitative estimate of drug-likeness (QED) is 0.778. The number of aromatic nitrogens is 1. The monoisotopic (exact) mass is 404 g/mol. The molecule has 0 bridgehead atoms. The minimum Gasteiger partial charge on any atom is -0.338 e. The van der Waals surface area contributed by atoms with Gasteiger partial charge in [0.15, 0.2) is 5.13 Å². The Morgan fingerprint density at radius 1 is 0.929 bits per heavy atom. The van der Waals surface area contributed by atoms with Crippen molar-refractivity contribution in [3.8, 4) is 0 Å². The largest absolute Gasteiger partial charge is 0.338 e. The van der Waals surface area contributed by atoms with Crippen LogP contribution in [0.25, 0.3) is 0 Å². The van der Waals surface area contributed by atoms with E-state index in [0.29, 0.717) is 22.1 Å². The van der Waals surface area contributed by atoms with E-state index in [4.69, 9.17) is 0 Å². The second kappa shape index (κ2) is 9.25. The number of anilines is 1. The van der Waals surface area contributed by atoms with Crippen LogP contribution in [0.2, 0.25) is 0 Å². The maximum atomic E-state index is 13.2. The van der Waals surface area contributed by atoms with Gasteiger partial charge in [-0.2, -0.15) is 0 Å². The zero-order chi connectivity index (χ0) is 19.3. The summed E-state index contributed by atoms with van der Waals surface area (Å²) in [7, 11) is 0. The van der Waals surface area contributed by atoms with E-state index in [-0.39, 0.29) is 11.9 Å². The summed E-state index contributed by atoms with van der Waals surface area (Å²) in [5.41, 5.74) is 0. The molecule has 2 saturated carbocycles. The molecular weight excluding hydrogens is 372 g/mol. The lowest BCUT2D eigenvalue weighted by Gasteiger charge is -2.41. The fourth-order valence-electron chi connectivity index (χ4n) is 5.01. The van der Waals surface area contributed by atoms with Gasteiger partial charge >= 0.3 is 6.03 Å². The first-order valence-electron chi connectivity index (χ1n) is 11.1. The van der Waals surface area contributed by atoms with Crippen molar-refractivity contribution in [3.63, 3.8) is 0 Å². The number of hydrogen-bond donors (Lipinski definition) is 1. The average molecular weight is 405 g/mol. The molecule has 0 aromatic carbocycles. The van der Waals surface area contributed by atoms with E-state index in [9.17, 15) is 9.59 Å². The van der Waals surface area contributed by atoms with E-state index in [1.807, 2.05) is 4.90 Å². The molecule has 0 atom stereocenters. The van der Waals surface area contributed by atoms with E-state index in [1.165, 1.54) is 49.9 Å². The first-order valence-corrected chi connectivity index (χ1v) is 11.9.